The van der Waals surface area contributed by atoms with Crippen molar-refractivity contribution in [1.82, 2.24) is 5.32 Å². The summed E-state index contributed by atoms with van der Waals surface area (Å²) in [6.07, 6.45) is 2.91. The molecule has 0 heterocycles. The third-order valence-electron chi connectivity index (χ3n) is 3.30. The van der Waals surface area contributed by atoms with E-state index in [1.54, 1.807) is 6.92 Å². The summed E-state index contributed by atoms with van der Waals surface area (Å²) >= 11 is 0. The zero-order chi connectivity index (χ0) is 16.9. The highest BCUT2D eigenvalue weighted by Crippen LogP contribution is 2.17. The minimum atomic E-state index is -3.44. The molecule has 0 aliphatic carbocycles. The number of carbonyl (C=O) groups is 2. The van der Waals surface area contributed by atoms with Gasteiger partial charge in [0.2, 0.25) is 0 Å². The number of carbonyl (C=O) groups excluding carboxylic acids is 1. The van der Waals surface area contributed by atoms with Gasteiger partial charge in [0.1, 0.15) is 6.04 Å². The van der Waals surface area contributed by atoms with Gasteiger partial charge in [-0.2, -0.15) is 0 Å². The first kappa shape index (κ1) is 18.2. The van der Waals surface area contributed by atoms with E-state index in [-0.39, 0.29) is 10.5 Å². The number of hydrogen-bond acceptors (Lipinski definition) is 4. The number of carboxylic acids is 1. The fourth-order valence-electron chi connectivity index (χ4n) is 2.05. The number of aliphatic carboxylic acids is 1. The van der Waals surface area contributed by atoms with Gasteiger partial charge in [0.05, 0.1) is 4.90 Å². The zero-order valence-electron chi connectivity index (χ0n) is 12.9. The summed E-state index contributed by atoms with van der Waals surface area (Å²) in [7, 11) is -3.44. The van der Waals surface area contributed by atoms with Crippen LogP contribution in [-0.2, 0) is 14.6 Å². The van der Waals surface area contributed by atoms with Gasteiger partial charge in [0.25, 0.3) is 5.91 Å². The van der Waals surface area contributed by atoms with E-state index < -0.39 is 27.8 Å². The standard InChI is InChI=1S/C15H21NO5S/c1-4-5-6-12(15(18)19)16-14(17)11-8-7-10(2)13(9-11)22(3,20)21/h7-9,12H,4-6H2,1-3H3,(H,16,17)(H,18,19). The Balaban J connectivity index is 3.00. The molecule has 6 nitrogen and oxygen atoms in total. The minimum absolute atomic E-state index is 0.0700. The highest BCUT2D eigenvalue weighted by Gasteiger charge is 2.21. The van der Waals surface area contributed by atoms with Crippen LogP contribution in [0.5, 0.6) is 0 Å². The highest BCUT2D eigenvalue weighted by atomic mass is 32.2. The number of unbranched alkanes of at least 4 members (excludes halogenated alkanes) is 1. The normalized spacial score (nSPS) is 12.7. The Morgan fingerprint density at radius 1 is 1.32 bits per heavy atom. The van der Waals surface area contributed by atoms with Crippen molar-refractivity contribution in [1.29, 1.82) is 0 Å². The Hall–Kier alpha value is -1.89. The lowest BCUT2D eigenvalue weighted by atomic mass is 10.1. The largest absolute Gasteiger partial charge is 0.480 e. The molecule has 0 bridgehead atoms. The molecular weight excluding hydrogens is 306 g/mol. The first-order valence-corrected chi connectivity index (χ1v) is 8.90. The van der Waals surface area contributed by atoms with Crippen LogP contribution in [-0.4, -0.2) is 37.7 Å². The summed E-state index contributed by atoms with van der Waals surface area (Å²) in [6, 6.07) is 3.32. The van der Waals surface area contributed by atoms with Crippen LogP contribution in [0.25, 0.3) is 0 Å². The maximum absolute atomic E-state index is 12.1. The van der Waals surface area contributed by atoms with Gasteiger partial charge in [0.15, 0.2) is 9.84 Å². The van der Waals surface area contributed by atoms with Crippen molar-refractivity contribution in [3.63, 3.8) is 0 Å². The van der Waals surface area contributed by atoms with E-state index >= 15 is 0 Å². The maximum Gasteiger partial charge on any atom is 0.326 e. The average Bonchev–Trinajstić information content (AvgIpc) is 2.42. The van der Waals surface area contributed by atoms with Gasteiger partial charge in [-0.05, 0) is 31.0 Å². The number of rotatable bonds is 7. The van der Waals surface area contributed by atoms with E-state index in [2.05, 4.69) is 5.32 Å². The Morgan fingerprint density at radius 2 is 1.95 bits per heavy atom. The van der Waals surface area contributed by atoms with Crippen LogP contribution in [0.3, 0.4) is 0 Å². The molecule has 122 valence electrons. The van der Waals surface area contributed by atoms with Crippen LogP contribution in [0.1, 0.15) is 42.1 Å². The molecule has 1 aromatic rings. The summed E-state index contributed by atoms with van der Waals surface area (Å²) in [6.45, 7) is 3.57. The molecule has 7 heteroatoms. The molecule has 1 unspecified atom stereocenters. The quantitative estimate of drug-likeness (QED) is 0.795. The number of amides is 1. The van der Waals surface area contributed by atoms with Crippen molar-refractivity contribution in [2.45, 2.75) is 44.0 Å². The molecule has 0 spiro atoms. The topological polar surface area (TPSA) is 101 Å². The molecule has 1 aromatic carbocycles. The molecule has 22 heavy (non-hydrogen) atoms. The van der Waals surface area contributed by atoms with Crippen LogP contribution in [0.4, 0.5) is 0 Å². The Labute approximate surface area is 130 Å². The van der Waals surface area contributed by atoms with Crippen LogP contribution < -0.4 is 5.32 Å². The second-order valence-electron chi connectivity index (χ2n) is 5.26. The SMILES string of the molecule is CCCCC(NC(=O)c1ccc(C)c(S(C)(=O)=O)c1)C(=O)O. The van der Waals surface area contributed by atoms with Crippen molar-refractivity contribution in [2.75, 3.05) is 6.26 Å². The molecule has 1 rings (SSSR count). The molecule has 0 saturated carbocycles. The molecule has 0 radical (unpaired) electrons. The summed E-state index contributed by atoms with van der Waals surface area (Å²) in [5, 5.41) is 11.5. The van der Waals surface area contributed by atoms with E-state index in [0.717, 1.165) is 12.7 Å². The third kappa shape index (κ3) is 4.84. The van der Waals surface area contributed by atoms with Crippen LogP contribution >= 0.6 is 0 Å². The van der Waals surface area contributed by atoms with Crippen molar-refractivity contribution in [3.8, 4) is 0 Å². The van der Waals surface area contributed by atoms with Gasteiger partial charge in [-0.1, -0.05) is 25.8 Å². The molecule has 0 fully saturated rings. The van der Waals surface area contributed by atoms with Crippen LogP contribution in [0.2, 0.25) is 0 Å². The molecule has 0 saturated heterocycles. The average molecular weight is 327 g/mol. The molecule has 1 amide bonds. The fraction of sp³-hybridized carbons (Fsp3) is 0.467. The Bertz CT molecular complexity index is 667. The zero-order valence-corrected chi connectivity index (χ0v) is 13.7. The predicted octanol–water partition coefficient (Wildman–Crippen LogP) is 1.77. The van der Waals surface area contributed by atoms with Gasteiger partial charge in [0, 0.05) is 11.8 Å². The first-order valence-electron chi connectivity index (χ1n) is 7.01. The van der Waals surface area contributed by atoms with Gasteiger partial charge in [-0.3, -0.25) is 4.79 Å². The fourth-order valence-corrected chi connectivity index (χ4v) is 3.04. The number of sulfone groups is 1. The number of nitrogens with one attached hydrogen (secondary N) is 1. The minimum Gasteiger partial charge on any atom is -0.480 e. The van der Waals surface area contributed by atoms with Crippen molar-refractivity contribution < 1.29 is 23.1 Å². The summed E-state index contributed by atoms with van der Waals surface area (Å²) in [5.74, 6) is -1.69. The van der Waals surface area contributed by atoms with Gasteiger partial charge >= 0.3 is 5.97 Å². The lowest BCUT2D eigenvalue weighted by molar-refractivity contribution is -0.139. The van der Waals surface area contributed by atoms with Crippen molar-refractivity contribution >= 4 is 21.7 Å². The van der Waals surface area contributed by atoms with Crippen molar-refractivity contribution in [3.05, 3.63) is 29.3 Å². The van der Waals surface area contributed by atoms with Crippen LogP contribution in [0.15, 0.2) is 23.1 Å². The lowest BCUT2D eigenvalue weighted by Gasteiger charge is -2.14. The van der Waals surface area contributed by atoms with Gasteiger partial charge < -0.3 is 10.4 Å². The van der Waals surface area contributed by atoms with Gasteiger partial charge in [-0.25, -0.2) is 13.2 Å². The smallest absolute Gasteiger partial charge is 0.326 e. The Kier molecular flexibility index (Phi) is 6.11. The molecule has 2 N–H and O–H groups in total. The highest BCUT2D eigenvalue weighted by molar-refractivity contribution is 7.90. The number of carboxylic acid groups (broad SMARTS) is 1. The number of aryl methyl sites for hydroxylation is 1. The lowest BCUT2D eigenvalue weighted by Crippen LogP contribution is -2.40. The summed E-state index contributed by atoms with van der Waals surface area (Å²) < 4.78 is 23.3. The molecule has 0 aromatic heterocycles. The first-order chi connectivity index (χ1) is 10.2. The van der Waals surface area contributed by atoms with E-state index in [1.165, 1.54) is 18.2 Å². The molecule has 0 aliphatic heterocycles. The number of benzene rings is 1. The third-order valence-corrected chi connectivity index (χ3v) is 4.54. The summed E-state index contributed by atoms with van der Waals surface area (Å²) in [4.78, 5) is 23.4. The van der Waals surface area contributed by atoms with E-state index in [0.29, 0.717) is 18.4 Å². The summed E-state index contributed by atoms with van der Waals surface area (Å²) in [5.41, 5.74) is 0.675. The number of hydrogen-bond donors (Lipinski definition) is 2. The van der Waals surface area contributed by atoms with Gasteiger partial charge in [-0.15, -0.1) is 0 Å². The molecular formula is C15H21NO5S. The monoisotopic (exact) mass is 327 g/mol. The van der Waals surface area contributed by atoms with Crippen LogP contribution in [0, 0.1) is 6.92 Å². The maximum atomic E-state index is 12.1. The van der Waals surface area contributed by atoms with E-state index in [9.17, 15) is 18.0 Å². The van der Waals surface area contributed by atoms with E-state index in [4.69, 9.17) is 5.11 Å². The van der Waals surface area contributed by atoms with Crippen molar-refractivity contribution in [2.24, 2.45) is 0 Å². The second kappa shape index (κ2) is 7.40. The van der Waals surface area contributed by atoms with E-state index in [1.807, 2.05) is 6.92 Å². The Morgan fingerprint density at radius 3 is 2.45 bits per heavy atom. The predicted molar refractivity (Wildman–Crippen MR) is 82.7 cm³/mol. The molecule has 0 aliphatic rings. The molecule has 1 atom stereocenters. The second-order valence-corrected chi connectivity index (χ2v) is 7.24.